The normalized spacial score (nSPS) is 22.8. The fourth-order valence-corrected chi connectivity index (χ4v) is 3.12. The summed E-state index contributed by atoms with van der Waals surface area (Å²) < 4.78 is 11.3. The summed E-state index contributed by atoms with van der Waals surface area (Å²) >= 11 is 0. The maximum Gasteiger partial charge on any atom is 0.116 e. The molecule has 1 saturated heterocycles. The van der Waals surface area contributed by atoms with Crippen LogP contribution in [0.25, 0.3) is 16.8 Å². The lowest BCUT2D eigenvalue weighted by molar-refractivity contribution is 0.170. The molecule has 0 N–H and O–H groups in total. The zero-order chi connectivity index (χ0) is 14.2. The van der Waals surface area contributed by atoms with Crippen LogP contribution in [0.1, 0.15) is 23.5 Å². The fraction of sp³-hybridized carbons (Fsp3) is 0.263. The van der Waals surface area contributed by atoms with E-state index < -0.39 is 0 Å². The predicted octanol–water partition coefficient (Wildman–Crippen LogP) is 4.27. The first-order valence-electron chi connectivity index (χ1n) is 7.45. The minimum atomic E-state index is 0.264. The quantitative estimate of drug-likeness (QED) is 0.602. The first-order valence-corrected chi connectivity index (χ1v) is 7.45. The molecule has 2 unspecified atom stereocenters. The van der Waals surface area contributed by atoms with Gasteiger partial charge in [0.15, 0.2) is 0 Å². The number of epoxide rings is 1. The van der Waals surface area contributed by atoms with Crippen LogP contribution >= 0.6 is 0 Å². The third kappa shape index (κ3) is 2.26. The van der Waals surface area contributed by atoms with Gasteiger partial charge in [-0.2, -0.15) is 0 Å². The van der Waals surface area contributed by atoms with Crippen LogP contribution in [0.15, 0.2) is 54.8 Å². The lowest BCUT2D eigenvalue weighted by Crippen LogP contribution is -2.12. The Morgan fingerprint density at radius 1 is 1.24 bits per heavy atom. The average Bonchev–Trinajstić information content (AvgIpc) is 3.33. The number of hydrogen-bond acceptors (Lipinski definition) is 2. The maximum atomic E-state index is 6.05. The molecule has 0 radical (unpaired) electrons. The first kappa shape index (κ1) is 12.7. The number of allylic oxidation sites excluding steroid dienone is 2. The molecule has 2 heteroatoms. The molecule has 1 aliphatic carbocycles. The molecule has 2 nitrogen and oxygen atoms in total. The molecule has 0 bridgehead atoms. The maximum absolute atomic E-state index is 6.05. The molecule has 4 rings (SSSR count). The highest BCUT2D eigenvalue weighted by atomic mass is 16.6. The summed E-state index contributed by atoms with van der Waals surface area (Å²) in [4.78, 5) is 0. The highest BCUT2D eigenvalue weighted by Crippen LogP contribution is 2.41. The molecule has 0 saturated carbocycles. The van der Waals surface area contributed by atoms with Gasteiger partial charge in [-0.15, -0.1) is 6.58 Å². The molecule has 2 aromatic rings. The van der Waals surface area contributed by atoms with Crippen molar-refractivity contribution in [2.75, 3.05) is 13.2 Å². The second-order valence-electron chi connectivity index (χ2n) is 5.68. The molecule has 106 valence electrons. The van der Waals surface area contributed by atoms with Crippen molar-refractivity contribution in [2.24, 2.45) is 0 Å². The van der Waals surface area contributed by atoms with Gasteiger partial charge in [0.2, 0.25) is 0 Å². The monoisotopic (exact) mass is 278 g/mol. The largest absolute Gasteiger partial charge is 0.494 e. The molecule has 0 amide bonds. The summed E-state index contributed by atoms with van der Waals surface area (Å²) in [6.07, 6.45) is 5.34. The Bertz CT molecular complexity index is 720. The van der Waals surface area contributed by atoms with Crippen molar-refractivity contribution in [1.29, 1.82) is 0 Å². The molecule has 2 aliphatic rings. The second-order valence-corrected chi connectivity index (χ2v) is 5.68. The van der Waals surface area contributed by atoms with E-state index in [0.29, 0.717) is 6.61 Å². The van der Waals surface area contributed by atoms with Gasteiger partial charge < -0.3 is 9.47 Å². The van der Waals surface area contributed by atoms with Gasteiger partial charge in [0, 0.05) is 5.92 Å². The molecule has 0 spiro atoms. The minimum absolute atomic E-state index is 0.264. The van der Waals surface area contributed by atoms with E-state index in [1.807, 2.05) is 6.08 Å². The molecule has 21 heavy (non-hydrogen) atoms. The van der Waals surface area contributed by atoms with Crippen molar-refractivity contribution in [3.63, 3.8) is 0 Å². The van der Waals surface area contributed by atoms with Gasteiger partial charge >= 0.3 is 0 Å². The van der Waals surface area contributed by atoms with Crippen molar-refractivity contribution in [1.82, 2.24) is 0 Å². The van der Waals surface area contributed by atoms with Gasteiger partial charge in [-0.05, 0) is 34.4 Å². The van der Waals surface area contributed by atoms with E-state index >= 15 is 0 Å². The van der Waals surface area contributed by atoms with Crippen molar-refractivity contribution in [3.05, 3.63) is 65.9 Å². The smallest absolute Gasteiger partial charge is 0.116 e. The lowest BCUT2D eigenvalue weighted by atomic mass is 9.83. The second kappa shape index (κ2) is 5.05. The Balaban J connectivity index is 1.80. The van der Waals surface area contributed by atoms with Crippen LogP contribution in [0.5, 0.6) is 0 Å². The van der Waals surface area contributed by atoms with E-state index in [4.69, 9.17) is 9.47 Å². The number of hydrogen-bond donors (Lipinski definition) is 0. The first-order chi connectivity index (χ1) is 10.4. The standard InChI is InChI=1S/C19H18O2/c1-2-5-16-17-9-4-7-13-6-3-8-14(19(13)17)10-18(16)21-12-15-11-20-15/h2-4,6-10,15-16H,1,5,11-12H2. The zero-order valence-electron chi connectivity index (χ0n) is 11.9. The van der Waals surface area contributed by atoms with E-state index in [1.54, 1.807) is 0 Å². The number of ether oxygens (including phenoxy) is 2. The van der Waals surface area contributed by atoms with E-state index in [0.717, 1.165) is 18.8 Å². The minimum Gasteiger partial charge on any atom is -0.494 e. The van der Waals surface area contributed by atoms with Gasteiger partial charge in [-0.3, -0.25) is 0 Å². The third-order valence-electron chi connectivity index (χ3n) is 4.23. The van der Waals surface area contributed by atoms with E-state index in [-0.39, 0.29) is 12.0 Å². The van der Waals surface area contributed by atoms with Crippen LogP contribution in [0, 0.1) is 0 Å². The molecule has 2 atom stereocenters. The molecule has 1 fully saturated rings. The Labute approximate surface area is 124 Å². The summed E-state index contributed by atoms with van der Waals surface area (Å²) in [5.41, 5.74) is 2.59. The Morgan fingerprint density at radius 3 is 2.81 bits per heavy atom. The van der Waals surface area contributed by atoms with Gasteiger partial charge in [0.1, 0.15) is 18.5 Å². The number of benzene rings is 2. The third-order valence-corrected chi connectivity index (χ3v) is 4.23. The summed E-state index contributed by atoms with van der Waals surface area (Å²) in [6, 6.07) is 12.9. The molecule has 0 aromatic heterocycles. The topological polar surface area (TPSA) is 21.8 Å². The summed E-state index contributed by atoms with van der Waals surface area (Å²) in [5.74, 6) is 1.30. The van der Waals surface area contributed by atoms with E-state index in [1.165, 1.54) is 21.9 Å². The predicted molar refractivity (Wildman–Crippen MR) is 85.2 cm³/mol. The summed E-state index contributed by atoms with van der Waals surface area (Å²) in [5, 5.41) is 2.64. The molecule has 2 aromatic carbocycles. The van der Waals surface area contributed by atoms with Crippen LogP contribution in [0.2, 0.25) is 0 Å². The zero-order valence-corrected chi connectivity index (χ0v) is 11.9. The molecular weight excluding hydrogens is 260 g/mol. The SMILES string of the molecule is C=CCC1C(OCC2CO2)=Cc2cccc3cccc1c23. The van der Waals surface area contributed by atoms with Gasteiger partial charge in [-0.1, -0.05) is 42.5 Å². The fourth-order valence-electron chi connectivity index (χ4n) is 3.12. The Kier molecular flexibility index (Phi) is 3.04. The van der Waals surface area contributed by atoms with Crippen molar-refractivity contribution in [2.45, 2.75) is 18.4 Å². The Hall–Kier alpha value is -2.06. The van der Waals surface area contributed by atoms with Crippen LogP contribution in [0.4, 0.5) is 0 Å². The Morgan fingerprint density at radius 2 is 2.05 bits per heavy atom. The van der Waals surface area contributed by atoms with Crippen LogP contribution in [-0.2, 0) is 9.47 Å². The van der Waals surface area contributed by atoms with Crippen molar-refractivity contribution >= 4 is 16.8 Å². The van der Waals surface area contributed by atoms with E-state index in [9.17, 15) is 0 Å². The average molecular weight is 278 g/mol. The van der Waals surface area contributed by atoms with Crippen LogP contribution < -0.4 is 0 Å². The number of rotatable bonds is 5. The van der Waals surface area contributed by atoms with Crippen LogP contribution in [0.3, 0.4) is 0 Å². The van der Waals surface area contributed by atoms with Gasteiger partial charge in [0.05, 0.1) is 6.61 Å². The highest BCUT2D eigenvalue weighted by Gasteiger charge is 2.28. The summed E-state index contributed by atoms with van der Waals surface area (Å²) in [7, 11) is 0. The van der Waals surface area contributed by atoms with Crippen molar-refractivity contribution < 1.29 is 9.47 Å². The molecule has 1 aliphatic heterocycles. The summed E-state index contributed by atoms with van der Waals surface area (Å²) in [6.45, 7) is 5.38. The van der Waals surface area contributed by atoms with Crippen LogP contribution in [-0.4, -0.2) is 19.3 Å². The highest BCUT2D eigenvalue weighted by molar-refractivity contribution is 5.96. The van der Waals surface area contributed by atoms with Gasteiger partial charge in [0.25, 0.3) is 0 Å². The lowest BCUT2D eigenvalue weighted by Gasteiger charge is -2.26. The molecular formula is C19H18O2. The van der Waals surface area contributed by atoms with E-state index in [2.05, 4.69) is 49.1 Å². The van der Waals surface area contributed by atoms with Crippen molar-refractivity contribution in [3.8, 4) is 0 Å². The van der Waals surface area contributed by atoms with Gasteiger partial charge in [-0.25, -0.2) is 0 Å². The molecule has 1 heterocycles.